The third-order valence-corrected chi connectivity index (χ3v) is 2.79. The second kappa shape index (κ2) is 5.63. The van der Waals surface area contributed by atoms with Gasteiger partial charge in [0.05, 0.1) is 4.92 Å². The number of nitro benzene ring substituents is 1. The largest absolute Gasteiger partial charge is 0.383 e. The van der Waals surface area contributed by atoms with E-state index in [-0.39, 0.29) is 16.7 Å². The van der Waals surface area contributed by atoms with Crippen LogP contribution in [-0.2, 0) is 0 Å². The fourth-order valence-electron chi connectivity index (χ4n) is 1.44. The second-order valence-corrected chi connectivity index (χ2v) is 4.55. The molecule has 0 aliphatic carbocycles. The van der Waals surface area contributed by atoms with E-state index < -0.39 is 0 Å². The van der Waals surface area contributed by atoms with Gasteiger partial charge in [0.25, 0.3) is 5.69 Å². The number of nitrogens with two attached hydrogens (primary N) is 1. The minimum Gasteiger partial charge on any atom is -0.383 e. The topological polar surface area (TPSA) is 81.2 Å². The van der Waals surface area contributed by atoms with E-state index in [9.17, 15) is 10.1 Å². The lowest BCUT2D eigenvalue weighted by Gasteiger charge is -2.17. The van der Waals surface area contributed by atoms with Crippen LogP contribution < -0.4 is 11.1 Å². The SMILES string of the molecule is Cc1cc(NCC(N)C(C)C)ccc1[N+](=O)[O-]. The van der Waals surface area contributed by atoms with E-state index >= 15 is 0 Å². The summed E-state index contributed by atoms with van der Waals surface area (Å²) in [5, 5.41) is 13.8. The molecule has 0 amide bonds. The van der Waals surface area contributed by atoms with E-state index in [1.165, 1.54) is 6.07 Å². The zero-order chi connectivity index (χ0) is 13.0. The number of hydrogen-bond donors (Lipinski definition) is 2. The number of aryl methyl sites for hydroxylation is 1. The number of benzene rings is 1. The first kappa shape index (κ1) is 13.4. The van der Waals surface area contributed by atoms with E-state index in [4.69, 9.17) is 5.73 Å². The van der Waals surface area contributed by atoms with Crippen LogP contribution in [0.25, 0.3) is 0 Å². The smallest absolute Gasteiger partial charge is 0.272 e. The molecule has 1 aromatic rings. The highest BCUT2D eigenvalue weighted by atomic mass is 16.6. The fraction of sp³-hybridized carbons (Fsp3) is 0.500. The Labute approximate surface area is 101 Å². The number of nitro groups is 1. The maximum atomic E-state index is 10.7. The summed E-state index contributed by atoms with van der Waals surface area (Å²) in [4.78, 5) is 10.3. The van der Waals surface area contributed by atoms with Crippen molar-refractivity contribution in [1.29, 1.82) is 0 Å². The molecule has 0 aliphatic heterocycles. The van der Waals surface area contributed by atoms with Crippen LogP contribution in [0.4, 0.5) is 11.4 Å². The maximum absolute atomic E-state index is 10.7. The van der Waals surface area contributed by atoms with Crippen LogP contribution >= 0.6 is 0 Å². The van der Waals surface area contributed by atoms with Crippen molar-refractivity contribution in [2.75, 3.05) is 11.9 Å². The van der Waals surface area contributed by atoms with Gasteiger partial charge in [0.1, 0.15) is 0 Å². The molecule has 3 N–H and O–H groups in total. The van der Waals surface area contributed by atoms with Crippen LogP contribution in [0.3, 0.4) is 0 Å². The van der Waals surface area contributed by atoms with Crippen LogP contribution in [0.15, 0.2) is 18.2 Å². The lowest BCUT2D eigenvalue weighted by molar-refractivity contribution is -0.385. The first-order valence-electron chi connectivity index (χ1n) is 5.66. The number of rotatable bonds is 5. The lowest BCUT2D eigenvalue weighted by Crippen LogP contribution is -2.33. The van der Waals surface area contributed by atoms with Gasteiger partial charge in [-0.1, -0.05) is 13.8 Å². The number of nitrogens with one attached hydrogen (secondary N) is 1. The average molecular weight is 237 g/mol. The molecule has 5 nitrogen and oxygen atoms in total. The van der Waals surface area contributed by atoms with Gasteiger partial charge in [0.15, 0.2) is 0 Å². The quantitative estimate of drug-likeness (QED) is 0.608. The highest BCUT2D eigenvalue weighted by molar-refractivity contribution is 5.53. The van der Waals surface area contributed by atoms with Crippen molar-refractivity contribution in [3.05, 3.63) is 33.9 Å². The summed E-state index contributed by atoms with van der Waals surface area (Å²) in [7, 11) is 0. The van der Waals surface area contributed by atoms with Gasteiger partial charge in [-0.05, 0) is 25.0 Å². The third kappa shape index (κ3) is 3.71. The Kier molecular flexibility index (Phi) is 4.45. The summed E-state index contributed by atoms with van der Waals surface area (Å²) >= 11 is 0. The molecular formula is C12H19N3O2. The van der Waals surface area contributed by atoms with Crippen molar-refractivity contribution in [3.63, 3.8) is 0 Å². The normalized spacial score (nSPS) is 12.5. The third-order valence-electron chi connectivity index (χ3n) is 2.79. The summed E-state index contributed by atoms with van der Waals surface area (Å²) in [5.41, 5.74) is 7.57. The molecule has 0 aromatic heterocycles. The Balaban J connectivity index is 2.68. The predicted octanol–water partition coefficient (Wildman–Crippen LogP) is 2.30. The summed E-state index contributed by atoms with van der Waals surface area (Å²) < 4.78 is 0. The molecule has 0 heterocycles. The molecule has 0 spiro atoms. The lowest BCUT2D eigenvalue weighted by atomic mass is 10.1. The van der Waals surface area contributed by atoms with Crippen LogP contribution in [0.5, 0.6) is 0 Å². The molecule has 1 atom stereocenters. The highest BCUT2D eigenvalue weighted by Crippen LogP contribution is 2.21. The van der Waals surface area contributed by atoms with Gasteiger partial charge in [-0.25, -0.2) is 0 Å². The second-order valence-electron chi connectivity index (χ2n) is 4.55. The van der Waals surface area contributed by atoms with Gasteiger partial charge in [0.2, 0.25) is 0 Å². The standard InChI is InChI=1S/C12H19N3O2/c1-8(2)11(13)7-14-10-4-5-12(15(16)17)9(3)6-10/h4-6,8,11,14H,7,13H2,1-3H3. The van der Waals surface area contributed by atoms with Crippen LogP contribution in [0.2, 0.25) is 0 Å². The van der Waals surface area contributed by atoms with Gasteiger partial charge in [-0.3, -0.25) is 10.1 Å². The Morgan fingerprint density at radius 3 is 2.59 bits per heavy atom. The predicted molar refractivity (Wildman–Crippen MR) is 69.1 cm³/mol. The van der Waals surface area contributed by atoms with E-state index in [0.717, 1.165) is 5.69 Å². The monoisotopic (exact) mass is 237 g/mol. The molecule has 0 fully saturated rings. The van der Waals surface area contributed by atoms with Gasteiger partial charge < -0.3 is 11.1 Å². The summed E-state index contributed by atoms with van der Waals surface area (Å²) in [6.45, 7) is 6.52. The van der Waals surface area contributed by atoms with Crippen LogP contribution in [0.1, 0.15) is 19.4 Å². The summed E-state index contributed by atoms with van der Waals surface area (Å²) in [6, 6.07) is 5.06. The molecule has 1 unspecified atom stereocenters. The molecule has 0 saturated carbocycles. The summed E-state index contributed by atoms with van der Waals surface area (Å²) in [5.74, 6) is 0.404. The van der Waals surface area contributed by atoms with E-state index in [2.05, 4.69) is 19.2 Å². The molecule has 0 radical (unpaired) electrons. The van der Waals surface area contributed by atoms with Crippen molar-refractivity contribution in [3.8, 4) is 0 Å². The molecule has 5 heteroatoms. The zero-order valence-corrected chi connectivity index (χ0v) is 10.4. The minimum absolute atomic E-state index is 0.0745. The Bertz CT molecular complexity index is 405. The van der Waals surface area contributed by atoms with E-state index in [1.807, 2.05) is 0 Å². The molecule has 17 heavy (non-hydrogen) atoms. The molecule has 0 aliphatic rings. The molecule has 1 rings (SSSR count). The van der Waals surface area contributed by atoms with Gasteiger partial charge in [-0.2, -0.15) is 0 Å². The molecule has 0 saturated heterocycles. The van der Waals surface area contributed by atoms with Crippen LogP contribution in [-0.4, -0.2) is 17.5 Å². The fourth-order valence-corrected chi connectivity index (χ4v) is 1.44. The molecule has 0 bridgehead atoms. The number of nitrogens with zero attached hydrogens (tertiary/aromatic N) is 1. The molecule has 1 aromatic carbocycles. The van der Waals surface area contributed by atoms with Crippen molar-refractivity contribution < 1.29 is 4.92 Å². The first-order valence-corrected chi connectivity index (χ1v) is 5.66. The van der Waals surface area contributed by atoms with Crippen molar-refractivity contribution in [1.82, 2.24) is 0 Å². The first-order chi connectivity index (χ1) is 7.91. The minimum atomic E-state index is -0.376. The molecular weight excluding hydrogens is 218 g/mol. The van der Waals surface area contributed by atoms with E-state index in [0.29, 0.717) is 18.0 Å². The van der Waals surface area contributed by atoms with Gasteiger partial charge in [-0.15, -0.1) is 0 Å². The van der Waals surface area contributed by atoms with Gasteiger partial charge >= 0.3 is 0 Å². The zero-order valence-electron chi connectivity index (χ0n) is 10.4. The maximum Gasteiger partial charge on any atom is 0.272 e. The van der Waals surface area contributed by atoms with Crippen molar-refractivity contribution in [2.45, 2.75) is 26.8 Å². The summed E-state index contributed by atoms with van der Waals surface area (Å²) in [6.07, 6.45) is 0. The Morgan fingerprint density at radius 2 is 2.12 bits per heavy atom. The Hall–Kier alpha value is -1.62. The number of anilines is 1. The highest BCUT2D eigenvalue weighted by Gasteiger charge is 2.11. The van der Waals surface area contributed by atoms with E-state index in [1.54, 1.807) is 19.1 Å². The van der Waals surface area contributed by atoms with Crippen molar-refractivity contribution >= 4 is 11.4 Å². The Morgan fingerprint density at radius 1 is 1.47 bits per heavy atom. The van der Waals surface area contributed by atoms with Gasteiger partial charge in [0, 0.05) is 29.9 Å². The number of hydrogen-bond acceptors (Lipinski definition) is 4. The average Bonchev–Trinajstić information content (AvgIpc) is 2.25. The molecule has 94 valence electrons. The van der Waals surface area contributed by atoms with Crippen molar-refractivity contribution in [2.24, 2.45) is 11.7 Å². The van der Waals surface area contributed by atoms with Crippen LogP contribution in [0, 0.1) is 23.0 Å².